The topological polar surface area (TPSA) is 42.1 Å². The molecule has 2 N–H and O–H groups in total. The van der Waals surface area contributed by atoms with Gasteiger partial charge in [-0.15, -0.1) is 0 Å². The molecule has 5 heteroatoms. The third-order valence-corrected chi connectivity index (χ3v) is 4.64. The van der Waals surface area contributed by atoms with Crippen LogP contribution in [-0.2, 0) is 0 Å². The number of hydrogen-bond acceptors (Lipinski definition) is 3. The Morgan fingerprint density at radius 1 is 1.30 bits per heavy atom. The van der Waals surface area contributed by atoms with Gasteiger partial charge in [-0.05, 0) is 47.8 Å². The molecule has 1 aliphatic rings. The van der Waals surface area contributed by atoms with Crippen LogP contribution < -0.4 is 10.6 Å². The quantitative estimate of drug-likeness (QED) is 0.793. The molecule has 1 aromatic rings. The van der Waals surface area contributed by atoms with Gasteiger partial charge in [0.25, 0.3) is 0 Å². The molecule has 112 valence electrons. The predicted octanol–water partition coefficient (Wildman–Crippen LogP) is 4.38. The Labute approximate surface area is 135 Å². The van der Waals surface area contributed by atoms with Gasteiger partial charge in [-0.2, -0.15) is 0 Å². The minimum Gasteiger partial charge on any atom is -0.352 e. The van der Waals surface area contributed by atoms with E-state index in [0.29, 0.717) is 12.6 Å². The predicted molar refractivity (Wildman–Crippen MR) is 89.5 cm³/mol. The molecule has 2 rings (SSSR count). The Morgan fingerprint density at radius 3 is 2.60 bits per heavy atom. The number of anilines is 1. The number of nitrogens with two attached hydrogens (primary N) is 1. The van der Waals surface area contributed by atoms with E-state index < -0.39 is 0 Å². The van der Waals surface area contributed by atoms with Crippen molar-refractivity contribution < 1.29 is 0 Å². The first kappa shape index (κ1) is 16.1. The van der Waals surface area contributed by atoms with E-state index in [1.807, 2.05) is 12.3 Å². The molecule has 0 radical (unpaired) electrons. The molecule has 0 atom stereocenters. The van der Waals surface area contributed by atoms with Crippen molar-refractivity contribution in [2.24, 2.45) is 5.73 Å². The van der Waals surface area contributed by atoms with Gasteiger partial charge in [0.05, 0.1) is 5.02 Å². The number of rotatable bonds is 5. The van der Waals surface area contributed by atoms with Crippen LogP contribution in [0.5, 0.6) is 0 Å². The van der Waals surface area contributed by atoms with Crippen molar-refractivity contribution in [3.63, 3.8) is 0 Å². The third kappa shape index (κ3) is 4.34. The molecule has 1 aliphatic carbocycles. The van der Waals surface area contributed by atoms with Crippen molar-refractivity contribution in [3.05, 3.63) is 21.8 Å². The number of aromatic nitrogens is 1. The first-order valence-electron chi connectivity index (χ1n) is 7.50. The second kappa shape index (κ2) is 8.20. The Balaban J connectivity index is 2.20. The van der Waals surface area contributed by atoms with Gasteiger partial charge in [0, 0.05) is 23.3 Å². The molecule has 0 bridgehead atoms. The lowest BCUT2D eigenvalue weighted by atomic mass is 10.1. The summed E-state index contributed by atoms with van der Waals surface area (Å²) < 4.78 is 0.922. The highest BCUT2D eigenvalue weighted by Gasteiger charge is 2.22. The standard InChI is InChI=1S/C15H23BrClN3/c16-12-10-14(17)15(19-11-12)20(9-5-8-18)13-6-3-1-2-4-7-13/h10-11,13H,1-9,18H2. The molecular formula is C15H23BrClN3. The van der Waals surface area contributed by atoms with Crippen molar-refractivity contribution >= 4 is 33.3 Å². The van der Waals surface area contributed by atoms with Crippen LogP contribution >= 0.6 is 27.5 Å². The molecule has 0 saturated heterocycles. The highest BCUT2D eigenvalue weighted by atomic mass is 79.9. The molecule has 1 saturated carbocycles. The maximum atomic E-state index is 6.40. The van der Waals surface area contributed by atoms with Gasteiger partial charge < -0.3 is 10.6 Å². The van der Waals surface area contributed by atoms with Crippen molar-refractivity contribution in [3.8, 4) is 0 Å². The molecule has 1 fully saturated rings. The van der Waals surface area contributed by atoms with Crippen LogP contribution in [0.3, 0.4) is 0 Å². The molecule has 0 aromatic carbocycles. The Bertz CT molecular complexity index is 420. The summed E-state index contributed by atoms with van der Waals surface area (Å²) in [5.41, 5.74) is 5.69. The van der Waals surface area contributed by atoms with Crippen LogP contribution in [0.1, 0.15) is 44.9 Å². The molecular weight excluding hydrogens is 338 g/mol. The molecule has 20 heavy (non-hydrogen) atoms. The maximum Gasteiger partial charge on any atom is 0.147 e. The fourth-order valence-electron chi connectivity index (χ4n) is 2.91. The largest absolute Gasteiger partial charge is 0.352 e. The zero-order valence-electron chi connectivity index (χ0n) is 11.8. The van der Waals surface area contributed by atoms with E-state index in [4.69, 9.17) is 17.3 Å². The molecule has 1 heterocycles. The lowest BCUT2D eigenvalue weighted by Crippen LogP contribution is -2.37. The molecule has 0 amide bonds. The average Bonchev–Trinajstić information content (AvgIpc) is 2.70. The van der Waals surface area contributed by atoms with Crippen LogP contribution in [0, 0.1) is 0 Å². The molecule has 0 aliphatic heterocycles. The van der Waals surface area contributed by atoms with Crippen LogP contribution in [0.4, 0.5) is 5.82 Å². The van der Waals surface area contributed by atoms with E-state index in [9.17, 15) is 0 Å². The van der Waals surface area contributed by atoms with Gasteiger partial charge in [0.2, 0.25) is 0 Å². The van der Waals surface area contributed by atoms with Gasteiger partial charge in [-0.3, -0.25) is 0 Å². The number of halogens is 2. The molecule has 0 spiro atoms. The molecule has 0 unspecified atom stereocenters. The number of hydrogen-bond donors (Lipinski definition) is 1. The first-order chi connectivity index (χ1) is 9.72. The fourth-order valence-corrected chi connectivity index (χ4v) is 3.65. The van der Waals surface area contributed by atoms with Gasteiger partial charge >= 0.3 is 0 Å². The third-order valence-electron chi connectivity index (χ3n) is 3.93. The summed E-state index contributed by atoms with van der Waals surface area (Å²) in [7, 11) is 0. The van der Waals surface area contributed by atoms with Gasteiger partial charge in [0.15, 0.2) is 0 Å². The summed E-state index contributed by atoms with van der Waals surface area (Å²) in [6.45, 7) is 1.65. The first-order valence-corrected chi connectivity index (χ1v) is 8.67. The van der Waals surface area contributed by atoms with E-state index in [1.54, 1.807) is 0 Å². The second-order valence-electron chi connectivity index (χ2n) is 5.44. The van der Waals surface area contributed by atoms with Gasteiger partial charge in [-0.1, -0.05) is 37.3 Å². The number of nitrogens with zero attached hydrogens (tertiary/aromatic N) is 2. The highest BCUT2D eigenvalue weighted by molar-refractivity contribution is 9.10. The van der Waals surface area contributed by atoms with Crippen molar-refractivity contribution in [2.45, 2.75) is 51.0 Å². The molecule has 1 aromatic heterocycles. The number of pyridine rings is 1. The van der Waals surface area contributed by atoms with E-state index in [-0.39, 0.29) is 0 Å². The zero-order valence-corrected chi connectivity index (χ0v) is 14.2. The SMILES string of the molecule is NCCCN(c1ncc(Br)cc1Cl)C1CCCCCC1. The van der Waals surface area contributed by atoms with Crippen LogP contribution in [0.15, 0.2) is 16.7 Å². The molecule has 3 nitrogen and oxygen atoms in total. The Hall–Kier alpha value is -0.320. The lowest BCUT2D eigenvalue weighted by molar-refractivity contribution is 0.515. The smallest absolute Gasteiger partial charge is 0.147 e. The van der Waals surface area contributed by atoms with E-state index in [1.165, 1.54) is 38.5 Å². The summed E-state index contributed by atoms with van der Waals surface area (Å²) in [6, 6.07) is 2.48. The van der Waals surface area contributed by atoms with E-state index in [0.717, 1.165) is 28.3 Å². The summed E-state index contributed by atoms with van der Waals surface area (Å²) in [5, 5.41) is 0.723. The van der Waals surface area contributed by atoms with Crippen molar-refractivity contribution in [1.29, 1.82) is 0 Å². The maximum absolute atomic E-state index is 6.40. The summed E-state index contributed by atoms with van der Waals surface area (Å²) in [4.78, 5) is 6.93. The Kier molecular flexibility index (Phi) is 6.59. The monoisotopic (exact) mass is 359 g/mol. The Morgan fingerprint density at radius 2 is 2.00 bits per heavy atom. The van der Waals surface area contributed by atoms with E-state index in [2.05, 4.69) is 25.8 Å². The average molecular weight is 361 g/mol. The lowest BCUT2D eigenvalue weighted by Gasteiger charge is -2.33. The summed E-state index contributed by atoms with van der Waals surface area (Å²) in [6.07, 6.45) is 10.6. The summed E-state index contributed by atoms with van der Waals surface area (Å²) >= 11 is 9.82. The minimum absolute atomic E-state index is 0.551. The zero-order chi connectivity index (χ0) is 14.4. The minimum atomic E-state index is 0.551. The summed E-state index contributed by atoms with van der Waals surface area (Å²) in [5.74, 6) is 0.912. The normalized spacial score (nSPS) is 16.9. The van der Waals surface area contributed by atoms with Gasteiger partial charge in [-0.25, -0.2) is 4.98 Å². The van der Waals surface area contributed by atoms with Crippen LogP contribution in [0.2, 0.25) is 5.02 Å². The fraction of sp³-hybridized carbons (Fsp3) is 0.667. The van der Waals surface area contributed by atoms with Crippen molar-refractivity contribution in [2.75, 3.05) is 18.0 Å². The van der Waals surface area contributed by atoms with Crippen LogP contribution in [-0.4, -0.2) is 24.1 Å². The van der Waals surface area contributed by atoms with Crippen molar-refractivity contribution in [1.82, 2.24) is 4.98 Å². The van der Waals surface area contributed by atoms with Crippen LogP contribution in [0.25, 0.3) is 0 Å². The van der Waals surface area contributed by atoms with E-state index >= 15 is 0 Å². The highest BCUT2D eigenvalue weighted by Crippen LogP contribution is 2.31. The second-order valence-corrected chi connectivity index (χ2v) is 6.76. The van der Waals surface area contributed by atoms with Gasteiger partial charge in [0.1, 0.15) is 5.82 Å².